The first-order chi connectivity index (χ1) is 13.7. The van der Waals surface area contributed by atoms with Crippen molar-refractivity contribution in [1.29, 1.82) is 0 Å². The molecule has 1 aliphatic heterocycles. The topological polar surface area (TPSA) is 42.9 Å². The van der Waals surface area contributed by atoms with Crippen LogP contribution in [-0.4, -0.2) is 66.6 Å². The smallest absolute Gasteiger partial charge is 0.191 e. The zero-order valence-electron chi connectivity index (χ0n) is 18.0. The maximum atomic E-state index is 4.86. The van der Waals surface area contributed by atoms with Crippen molar-refractivity contribution >= 4 is 5.96 Å². The van der Waals surface area contributed by atoms with Gasteiger partial charge in [0.2, 0.25) is 0 Å². The Kier molecular flexibility index (Phi) is 8.16. The van der Waals surface area contributed by atoms with Gasteiger partial charge in [0.25, 0.3) is 0 Å². The Labute approximate surface area is 171 Å². The van der Waals surface area contributed by atoms with Crippen LogP contribution >= 0.6 is 0 Å². The lowest BCUT2D eigenvalue weighted by Gasteiger charge is -2.38. The molecule has 0 bridgehead atoms. The van der Waals surface area contributed by atoms with Gasteiger partial charge in [-0.05, 0) is 51.6 Å². The first-order valence-electron chi connectivity index (χ1n) is 11.3. The van der Waals surface area contributed by atoms with Gasteiger partial charge >= 0.3 is 0 Å². The van der Waals surface area contributed by atoms with Crippen LogP contribution in [0, 0.1) is 0 Å². The second kappa shape index (κ2) is 10.8. The maximum absolute atomic E-state index is 4.86. The molecule has 3 rings (SSSR count). The van der Waals surface area contributed by atoms with Crippen molar-refractivity contribution in [1.82, 2.24) is 20.4 Å². The number of guanidine groups is 1. The van der Waals surface area contributed by atoms with Crippen molar-refractivity contribution < 1.29 is 0 Å². The minimum atomic E-state index is 0.505. The van der Waals surface area contributed by atoms with Gasteiger partial charge in [0.05, 0.1) is 6.54 Å². The molecule has 0 spiro atoms. The molecule has 1 saturated carbocycles. The summed E-state index contributed by atoms with van der Waals surface area (Å²) < 4.78 is 0. The Morgan fingerprint density at radius 3 is 2.61 bits per heavy atom. The highest BCUT2D eigenvalue weighted by molar-refractivity contribution is 5.80. The van der Waals surface area contributed by atoms with Crippen LogP contribution in [-0.2, 0) is 6.54 Å². The molecule has 156 valence electrons. The van der Waals surface area contributed by atoms with Gasteiger partial charge < -0.3 is 10.6 Å². The molecule has 2 aliphatic rings. The third-order valence-corrected chi connectivity index (χ3v) is 6.05. The van der Waals surface area contributed by atoms with E-state index in [2.05, 4.69) is 71.5 Å². The number of nitrogens with one attached hydrogen (secondary N) is 2. The lowest BCUT2D eigenvalue weighted by Crippen LogP contribution is -2.51. The van der Waals surface area contributed by atoms with E-state index in [1.165, 1.54) is 31.2 Å². The van der Waals surface area contributed by atoms with Crippen molar-refractivity contribution in [2.75, 3.05) is 32.7 Å². The third kappa shape index (κ3) is 6.49. The summed E-state index contributed by atoms with van der Waals surface area (Å²) in [6.07, 6.45) is 5.08. The molecule has 2 atom stereocenters. The van der Waals surface area contributed by atoms with Gasteiger partial charge in [0, 0.05) is 44.3 Å². The number of hydrogen-bond donors (Lipinski definition) is 2. The Hall–Kier alpha value is -1.59. The molecule has 28 heavy (non-hydrogen) atoms. The van der Waals surface area contributed by atoms with Crippen LogP contribution in [0.1, 0.15) is 52.0 Å². The monoisotopic (exact) mass is 385 g/mol. The van der Waals surface area contributed by atoms with Crippen molar-refractivity contribution in [3.05, 3.63) is 35.9 Å². The van der Waals surface area contributed by atoms with Gasteiger partial charge in [-0.3, -0.25) is 14.8 Å². The SMILES string of the molecule is CCNC(=NCCN(CC)C1CC1)NC1CCN(Cc2ccccc2)C(C)C1. The minimum Gasteiger partial charge on any atom is -0.357 e. The summed E-state index contributed by atoms with van der Waals surface area (Å²) >= 11 is 0. The number of hydrogen-bond acceptors (Lipinski definition) is 3. The molecule has 1 aromatic carbocycles. The summed E-state index contributed by atoms with van der Waals surface area (Å²) in [5.41, 5.74) is 1.41. The van der Waals surface area contributed by atoms with E-state index >= 15 is 0 Å². The second-order valence-electron chi connectivity index (χ2n) is 8.29. The average molecular weight is 386 g/mol. The normalized spacial score (nSPS) is 23.8. The van der Waals surface area contributed by atoms with E-state index in [1.807, 2.05) is 0 Å². The molecular weight excluding hydrogens is 346 g/mol. The van der Waals surface area contributed by atoms with Gasteiger partial charge in [-0.2, -0.15) is 0 Å². The molecule has 0 aromatic heterocycles. The lowest BCUT2D eigenvalue weighted by molar-refractivity contribution is 0.134. The Morgan fingerprint density at radius 2 is 1.96 bits per heavy atom. The number of likely N-dealkylation sites (N-methyl/N-ethyl adjacent to an activating group) is 1. The number of benzene rings is 1. The highest BCUT2D eigenvalue weighted by Gasteiger charge is 2.28. The zero-order chi connectivity index (χ0) is 19.8. The van der Waals surface area contributed by atoms with Crippen LogP contribution in [0.25, 0.3) is 0 Å². The maximum Gasteiger partial charge on any atom is 0.191 e. The largest absolute Gasteiger partial charge is 0.357 e. The van der Waals surface area contributed by atoms with Crippen molar-refractivity contribution in [2.24, 2.45) is 4.99 Å². The van der Waals surface area contributed by atoms with Crippen molar-refractivity contribution in [2.45, 2.75) is 71.1 Å². The highest BCUT2D eigenvalue weighted by Crippen LogP contribution is 2.26. The minimum absolute atomic E-state index is 0.505. The van der Waals surface area contributed by atoms with Crippen LogP contribution in [0.5, 0.6) is 0 Å². The summed E-state index contributed by atoms with van der Waals surface area (Å²) in [6.45, 7) is 13.0. The summed E-state index contributed by atoms with van der Waals surface area (Å²) in [4.78, 5) is 10.0. The van der Waals surface area contributed by atoms with E-state index in [0.717, 1.165) is 51.3 Å². The molecule has 2 unspecified atom stereocenters. The first-order valence-corrected chi connectivity index (χ1v) is 11.3. The van der Waals surface area contributed by atoms with E-state index in [1.54, 1.807) is 0 Å². The fourth-order valence-corrected chi connectivity index (χ4v) is 4.25. The van der Waals surface area contributed by atoms with Crippen LogP contribution in [0.4, 0.5) is 0 Å². The molecule has 0 radical (unpaired) electrons. The molecule has 1 aliphatic carbocycles. The van der Waals surface area contributed by atoms with E-state index < -0.39 is 0 Å². The van der Waals surface area contributed by atoms with E-state index in [9.17, 15) is 0 Å². The predicted molar refractivity (Wildman–Crippen MR) is 119 cm³/mol. The number of aliphatic imine (C=N–C) groups is 1. The molecule has 0 amide bonds. The number of nitrogens with zero attached hydrogens (tertiary/aromatic N) is 3. The van der Waals surface area contributed by atoms with E-state index in [0.29, 0.717) is 12.1 Å². The molecule has 2 fully saturated rings. The van der Waals surface area contributed by atoms with Crippen molar-refractivity contribution in [3.8, 4) is 0 Å². The molecule has 5 nitrogen and oxygen atoms in total. The van der Waals surface area contributed by atoms with Crippen LogP contribution in [0.2, 0.25) is 0 Å². The standard InChI is InChI=1S/C23H39N5/c1-4-24-23(25-14-16-27(5-2)22-11-12-22)26-21-13-15-28(19(3)17-21)18-20-9-7-6-8-10-20/h6-10,19,21-22H,4-5,11-18H2,1-3H3,(H2,24,25,26). The Balaban J connectivity index is 1.46. The van der Waals surface area contributed by atoms with Crippen LogP contribution in [0.15, 0.2) is 35.3 Å². The molecular formula is C23H39N5. The van der Waals surface area contributed by atoms with Gasteiger partial charge in [0.1, 0.15) is 0 Å². The second-order valence-corrected chi connectivity index (χ2v) is 8.29. The quantitative estimate of drug-likeness (QED) is 0.506. The summed E-state index contributed by atoms with van der Waals surface area (Å²) in [7, 11) is 0. The highest BCUT2D eigenvalue weighted by atomic mass is 15.2. The zero-order valence-corrected chi connectivity index (χ0v) is 18.0. The molecule has 5 heteroatoms. The van der Waals surface area contributed by atoms with Gasteiger partial charge in [0.15, 0.2) is 5.96 Å². The molecule has 1 heterocycles. The molecule has 2 N–H and O–H groups in total. The summed E-state index contributed by atoms with van der Waals surface area (Å²) in [5.74, 6) is 0.989. The van der Waals surface area contributed by atoms with E-state index in [4.69, 9.17) is 4.99 Å². The van der Waals surface area contributed by atoms with Crippen molar-refractivity contribution in [3.63, 3.8) is 0 Å². The average Bonchev–Trinajstić information content (AvgIpc) is 3.53. The van der Waals surface area contributed by atoms with Gasteiger partial charge in [-0.25, -0.2) is 0 Å². The van der Waals surface area contributed by atoms with Crippen LogP contribution < -0.4 is 10.6 Å². The fraction of sp³-hybridized carbons (Fsp3) is 0.696. The summed E-state index contributed by atoms with van der Waals surface area (Å²) in [6, 6.07) is 12.7. The van der Waals surface area contributed by atoms with E-state index in [-0.39, 0.29) is 0 Å². The number of rotatable bonds is 9. The Bertz CT molecular complexity index is 598. The number of likely N-dealkylation sites (tertiary alicyclic amines) is 1. The molecule has 1 aromatic rings. The predicted octanol–water partition coefficient (Wildman–Crippen LogP) is 3.08. The molecule has 1 saturated heterocycles. The van der Waals surface area contributed by atoms with Gasteiger partial charge in [-0.1, -0.05) is 37.3 Å². The third-order valence-electron chi connectivity index (χ3n) is 6.05. The lowest BCUT2D eigenvalue weighted by atomic mass is 9.97. The van der Waals surface area contributed by atoms with Crippen LogP contribution in [0.3, 0.4) is 0 Å². The van der Waals surface area contributed by atoms with Gasteiger partial charge in [-0.15, -0.1) is 0 Å². The Morgan fingerprint density at radius 1 is 1.18 bits per heavy atom. The number of piperidine rings is 1. The fourth-order valence-electron chi connectivity index (χ4n) is 4.25. The first kappa shape index (κ1) is 21.1. The summed E-state index contributed by atoms with van der Waals surface area (Å²) in [5, 5.41) is 7.14.